The molecule has 0 aliphatic carbocycles. The van der Waals surface area contributed by atoms with Crippen LogP contribution in [0, 0.1) is 11.3 Å². The van der Waals surface area contributed by atoms with Gasteiger partial charge < -0.3 is 4.90 Å². The van der Waals surface area contributed by atoms with E-state index in [2.05, 4.69) is 65.6 Å². The van der Waals surface area contributed by atoms with Crippen LogP contribution in [0.5, 0.6) is 0 Å². The van der Waals surface area contributed by atoms with Crippen molar-refractivity contribution < 1.29 is 0 Å². The fraction of sp³-hybridized carbons (Fsp3) is 0.0870. The Morgan fingerprint density at radius 3 is 2.36 bits per heavy atom. The highest BCUT2D eigenvalue weighted by Crippen LogP contribution is 2.35. The second kappa shape index (κ2) is 6.67. The van der Waals surface area contributed by atoms with Crippen LogP contribution in [0.3, 0.4) is 0 Å². The summed E-state index contributed by atoms with van der Waals surface area (Å²) >= 11 is 0. The lowest BCUT2D eigenvalue weighted by Gasteiger charge is -2.19. The standard InChI is InChI=1S/C23H18N2/c24-17-20-8-11-22(12-9-20)25-15-14-21-16-19(10-13-23(21)25)7-6-18-4-2-1-3-5-18/h1-13,16H,14-15H2/b7-6+. The molecule has 2 heteroatoms. The number of nitrogens with zero attached hydrogens (tertiary/aromatic N) is 2. The van der Waals surface area contributed by atoms with Gasteiger partial charge in [0.2, 0.25) is 0 Å². The molecular weight excluding hydrogens is 304 g/mol. The second-order valence-electron chi connectivity index (χ2n) is 6.19. The molecule has 2 nitrogen and oxygen atoms in total. The fourth-order valence-electron chi connectivity index (χ4n) is 3.27. The molecule has 1 aliphatic rings. The first kappa shape index (κ1) is 15.2. The van der Waals surface area contributed by atoms with E-state index >= 15 is 0 Å². The third-order valence-electron chi connectivity index (χ3n) is 4.57. The Hall–Kier alpha value is -3.31. The van der Waals surface area contributed by atoms with Crippen LogP contribution >= 0.6 is 0 Å². The minimum Gasteiger partial charge on any atom is -0.341 e. The van der Waals surface area contributed by atoms with Crippen molar-refractivity contribution in [3.63, 3.8) is 0 Å². The zero-order valence-electron chi connectivity index (χ0n) is 13.9. The number of rotatable bonds is 3. The van der Waals surface area contributed by atoms with Crippen LogP contribution in [0.2, 0.25) is 0 Å². The van der Waals surface area contributed by atoms with Gasteiger partial charge in [0.1, 0.15) is 0 Å². The van der Waals surface area contributed by atoms with Crippen LogP contribution in [-0.2, 0) is 6.42 Å². The summed E-state index contributed by atoms with van der Waals surface area (Å²) in [6.07, 6.45) is 5.36. The Morgan fingerprint density at radius 1 is 0.840 bits per heavy atom. The molecule has 0 spiro atoms. The van der Waals surface area contributed by atoms with E-state index in [-0.39, 0.29) is 0 Å². The predicted octanol–water partition coefficient (Wildman–Crippen LogP) is 5.42. The molecule has 0 bridgehead atoms. The highest BCUT2D eigenvalue weighted by molar-refractivity contribution is 5.75. The summed E-state index contributed by atoms with van der Waals surface area (Å²) in [5.41, 5.74) is 6.92. The van der Waals surface area contributed by atoms with Crippen LogP contribution in [0.4, 0.5) is 11.4 Å². The normalized spacial score (nSPS) is 13.0. The molecule has 3 aromatic rings. The number of anilines is 2. The van der Waals surface area contributed by atoms with Gasteiger partial charge in [-0.15, -0.1) is 0 Å². The highest BCUT2D eigenvalue weighted by Gasteiger charge is 2.20. The Balaban J connectivity index is 1.58. The van der Waals surface area contributed by atoms with Gasteiger partial charge in [-0.1, -0.05) is 48.6 Å². The first-order chi connectivity index (χ1) is 12.3. The molecule has 0 amide bonds. The number of hydrogen-bond donors (Lipinski definition) is 0. The van der Waals surface area contributed by atoms with Crippen LogP contribution in [0.25, 0.3) is 12.2 Å². The first-order valence-corrected chi connectivity index (χ1v) is 8.47. The maximum absolute atomic E-state index is 8.94. The third kappa shape index (κ3) is 3.18. The van der Waals surface area contributed by atoms with E-state index in [0.717, 1.165) is 18.7 Å². The van der Waals surface area contributed by atoms with E-state index in [4.69, 9.17) is 5.26 Å². The molecular formula is C23H18N2. The van der Waals surface area contributed by atoms with Gasteiger partial charge in [0.15, 0.2) is 0 Å². The van der Waals surface area contributed by atoms with Gasteiger partial charge in [0.25, 0.3) is 0 Å². The fourth-order valence-corrected chi connectivity index (χ4v) is 3.27. The van der Waals surface area contributed by atoms with E-state index in [9.17, 15) is 0 Å². The summed E-state index contributed by atoms with van der Waals surface area (Å²) < 4.78 is 0. The number of benzene rings is 3. The average molecular weight is 322 g/mol. The van der Waals surface area contributed by atoms with Gasteiger partial charge in [0.05, 0.1) is 11.6 Å². The van der Waals surface area contributed by atoms with Crippen LogP contribution < -0.4 is 4.90 Å². The van der Waals surface area contributed by atoms with E-state index in [0.29, 0.717) is 5.56 Å². The molecule has 4 rings (SSSR count). The smallest absolute Gasteiger partial charge is 0.0991 e. The van der Waals surface area contributed by atoms with Crippen molar-refractivity contribution in [3.8, 4) is 6.07 Å². The average Bonchev–Trinajstić information content (AvgIpc) is 3.10. The number of hydrogen-bond acceptors (Lipinski definition) is 2. The highest BCUT2D eigenvalue weighted by atomic mass is 15.2. The lowest BCUT2D eigenvalue weighted by Crippen LogP contribution is -2.12. The SMILES string of the molecule is N#Cc1ccc(N2CCc3cc(/C=C/c4ccccc4)ccc32)cc1. The first-order valence-electron chi connectivity index (χ1n) is 8.47. The van der Waals surface area contributed by atoms with Gasteiger partial charge in [-0.25, -0.2) is 0 Å². The van der Waals surface area contributed by atoms with E-state index in [1.807, 2.05) is 30.3 Å². The zero-order chi connectivity index (χ0) is 17.1. The molecule has 0 N–H and O–H groups in total. The molecule has 3 aromatic carbocycles. The van der Waals surface area contributed by atoms with Crippen LogP contribution in [-0.4, -0.2) is 6.54 Å². The zero-order valence-corrected chi connectivity index (χ0v) is 13.9. The summed E-state index contributed by atoms with van der Waals surface area (Å²) in [5.74, 6) is 0. The second-order valence-corrected chi connectivity index (χ2v) is 6.19. The van der Waals surface area contributed by atoms with Crippen molar-refractivity contribution in [1.82, 2.24) is 0 Å². The Labute approximate surface area is 148 Å². The summed E-state index contributed by atoms with van der Waals surface area (Å²) in [4.78, 5) is 2.32. The molecule has 0 radical (unpaired) electrons. The molecule has 120 valence electrons. The van der Waals surface area contributed by atoms with Crippen molar-refractivity contribution in [2.75, 3.05) is 11.4 Å². The van der Waals surface area contributed by atoms with Crippen molar-refractivity contribution in [2.45, 2.75) is 6.42 Å². The van der Waals surface area contributed by atoms with Gasteiger partial charge in [0, 0.05) is 17.9 Å². The van der Waals surface area contributed by atoms with Gasteiger partial charge >= 0.3 is 0 Å². The number of nitriles is 1. The molecule has 0 fully saturated rings. The van der Waals surface area contributed by atoms with Crippen molar-refractivity contribution in [1.29, 1.82) is 5.26 Å². The molecule has 0 saturated heterocycles. The Morgan fingerprint density at radius 2 is 1.60 bits per heavy atom. The van der Waals surface area contributed by atoms with Gasteiger partial charge in [-0.05, 0) is 59.5 Å². The Kier molecular flexibility index (Phi) is 4.06. The van der Waals surface area contributed by atoms with Gasteiger partial charge in [-0.3, -0.25) is 0 Å². The minimum absolute atomic E-state index is 0.699. The van der Waals surface area contributed by atoms with Crippen LogP contribution in [0.15, 0.2) is 72.8 Å². The van der Waals surface area contributed by atoms with Crippen molar-refractivity contribution in [3.05, 3.63) is 95.1 Å². The lowest BCUT2D eigenvalue weighted by atomic mass is 10.1. The summed E-state index contributed by atoms with van der Waals surface area (Å²) in [7, 11) is 0. The minimum atomic E-state index is 0.699. The molecule has 0 saturated carbocycles. The van der Waals surface area contributed by atoms with E-state index < -0.39 is 0 Å². The van der Waals surface area contributed by atoms with Crippen molar-refractivity contribution in [2.24, 2.45) is 0 Å². The lowest BCUT2D eigenvalue weighted by molar-refractivity contribution is 0.998. The van der Waals surface area contributed by atoms with Crippen LogP contribution in [0.1, 0.15) is 22.3 Å². The summed E-state index contributed by atoms with van der Waals surface area (Å²) in [6, 6.07) is 27.0. The monoisotopic (exact) mass is 322 g/mol. The Bertz CT molecular complexity index is 948. The maximum atomic E-state index is 8.94. The molecule has 0 unspecified atom stereocenters. The maximum Gasteiger partial charge on any atom is 0.0991 e. The molecule has 0 atom stereocenters. The van der Waals surface area contributed by atoms with Crippen molar-refractivity contribution >= 4 is 23.5 Å². The van der Waals surface area contributed by atoms with E-state index in [1.54, 1.807) is 0 Å². The van der Waals surface area contributed by atoms with E-state index in [1.165, 1.54) is 22.4 Å². The quantitative estimate of drug-likeness (QED) is 0.602. The van der Waals surface area contributed by atoms with Gasteiger partial charge in [-0.2, -0.15) is 5.26 Å². The number of fused-ring (bicyclic) bond motifs is 1. The summed E-state index contributed by atoms with van der Waals surface area (Å²) in [5, 5.41) is 8.94. The molecule has 1 aliphatic heterocycles. The summed E-state index contributed by atoms with van der Waals surface area (Å²) in [6.45, 7) is 0.979. The molecule has 0 aromatic heterocycles. The largest absolute Gasteiger partial charge is 0.341 e. The predicted molar refractivity (Wildman–Crippen MR) is 104 cm³/mol. The molecule has 25 heavy (non-hydrogen) atoms. The molecule has 1 heterocycles. The third-order valence-corrected chi connectivity index (χ3v) is 4.57. The topological polar surface area (TPSA) is 27.0 Å².